The van der Waals surface area contributed by atoms with Gasteiger partial charge in [-0.1, -0.05) is 12.1 Å². The third-order valence-electron chi connectivity index (χ3n) is 3.56. The lowest BCUT2D eigenvalue weighted by Crippen LogP contribution is -2.12. The van der Waals surface area contributed by atoms with Crippen LogP contribution >= 0.6 is 0 Å². The van der Waals surface area contributed by atoms with Crippen LogP contribution in [0.1, 0.15) is 15.9 Å². The highest BCUT2D eigenvalue weighted by Gasteiger charge is 2.15. The van der Waals surface area contributed by atoms with E-state index >= 15 is 0 Å². The summed E-state index contributed by atoms with van der Waals surface area (Å²) in [6, 6.07) is 11.2. The number of ketones is 1. The number of carbonyl (C=O) groups excluding carboxylic acids is 1. The summed E-state index contributed by atoms with van der Waals surface area (Å²) in [6.07, 6.45) is 1.24. The van der Waals surface area contributed by atoms with Gasteiger partial charge in [-0.15, -0.1) is 10.2 Å². The lowest BCUT2D eigenvalue weighted by Gasteiger charge is -2.06. The number of nitrogens with zero attached hydrogens (tertiary/aromatic N) is 3. The summed E-state index contributed by atoms with van der Waals surface area (Å²) in [4.78, 5) is 22.6. The van der Waals surface area contributed by atoms with Crippen LogP contribution in [0.15, 0.2) is 53.3 Å². The van der Waals surface area contributed by atoms with Crippen LogP contribution in [0.5, 0.6) is 5.75 Å². The van der Waals surface area contributed by atoms with Gasteiger partial charge in [0.2, 0.25) is 12.3 Å². The summed E-state index contributed by atoms with van der Waals surface area (Å²) in [6.45, 7) is 1.40. The first-order chi connectivity index (χ1) is 12.0. The molecule has 1 heterocycles. The molecule has 0 saturated heterocycles. The van der Waals surface area contributed by atoms with E-state index in [1.165, 1.54) is 12.5 Å². The number of ether oxygens (including phenoxy) is 1. The maximum Gasteiger partial charge on any atom is 0.273 e. The first-order valence-electron chi connectivity index (χ1n) is 7.32. The summed E-state index contributed by atoms with van der Waals surface area (Å²) in [5.74, 6) is 0.525. The Morgan fingerprint density at radius 2 is 2.00 bits per heavy atom. The Hall–Kier alpha value is -3.55. The molecule has 0 radical (unpaired) electrons. The molecule has 0 fully saturated rings. The number of benzene rings is 2. The Kier molecular flexibility index (Phi) is 4.51. The summed E-state index contributed by atoms with van der Waals surface area (Å²) in [5, 5.41) is 18.3. The number of rotatable bonds is 6. The van der Waals surface area contributed by atoms with Crippen molar-refractivity contribution in [2.24, 2.45) is 0 Å². The maximum absolute atomic E-state index is 12.2. The van der Waals surface area contributed by atoms with Crippen molar-refractivity contribution in [1.29, 1.82) is 0 Å². The van der Waals surface area contributed by atoms with Crippen molar-refractivity contribution < 1.29 is 18.9 Å². The number of nitro benzene ring substituents is 1. The molecule has 0 atom stereocenters. The molecule has 2 aromatic carbocycles. The summed E-state index contributed by atoms with van der Waals surface area (Å²) >= 11 is 0. The molecule has 8 heteroatoms. The molecule has 0 aliphatic rings. The van der Waals surface area contributed by atoms with Crippen LogP contribution < -0.4 is 4.74 Å². The van der Waals surface area contributed by atoms with Gasteiger partial charge in [0.15, 0.2) is 12.4 Å². The monoisotopic (exact) mass is 339 g/mol. The summed E-state index contributed by atoms with van der Waals surface area (Å²) in [7, 11) is 0. The molecule has 1 aromatic heterocycles. The van der Waals surface area contributed by atoms with Gasteiger partial charge in [0.05, 0.1) is 4.92 Å². The minimum atomic E-state index is -0.511. The highest BCUT2D eigenvalue weighted by molar-refractivity contribution is 5.97. The van der Waals surface area contributed by atoms with E-state index in [2.05, 4.69) is 10.2 Å². The van der Waals surface area contributed by atoms with Gasteiger partial charge in [-0.05, 0) is 31.2 Å². The van der Waals surface area contributed by atoms with Gasteiger partial charge < -0.3 is 9.15 Å². The van der Waals surface area contributed by atoms with E-state index in [0.29, 0.717) is 17.2 Å². The van der Waals surface area contributed by atoms with Crippen LogP contribution in [0.3, 0.4) is 0 Å². The smallest absolute Gasteiger partial charge is 0.273 e. The number of Topliss-reactive ketones (excluding diaryl/α,β-unsaturated/α-hetero) is 1. The average molecular weight is 339 g/mol. The van der Waals surface area contributed by atoms with E-state index < -0.39 is 4.92 Å². The van der Waals surface area contributed by atoms with Crippen LogP contribution in [0.4, 0.5) is 5.69 Å². The number of aryl methyl sites for hydroxylation is 1. The molecule has 0 amide bonds. The van der Waals surface area contributed by atoms with Gasteiger partial charge in [-0.2, -0.15) is 0 Å². The zero-order chi connectivity index (χ0) is 17.8. The van der Waals surface area contributed by atoms with Gasteiger partial charge in [0.1, 0.15) is 5.75 Å². The second-order valence-corrected chi connectivity index (χ2v) is 5.24. The zero-order valence-corrected chi connectivity index (χ0v) is 13.2. The van der Waals surface area contributed by atoms with Crippen molar-refractivity contribution in [3.8, 4) is 17.2 Å². The molecular formula is C17H13N3O5. The fraction of sp³-hybridized carbons (Fsp3) is 0.118. The quantitative estimate of drug-likeness (QED) is 0.385. The van der Waals surface area contributed by atoms with Crippen LogP contribution in [0.2, 0.25) is 0 Å². The van der Waals surface area contributed by atoms with E-state index in [0.717, 1.165) is 5.56 Å². The zero-order valence-electron chi connectivity index (χ0n) is 13.2. The fourth-order valence-electron chi connectivity index (χ4n) is 2.20. The molecule has 0 spiro atoms. The standard InChI is InChI=1S/C17H13N3O5/c1-11-2-3-13(8-15(11)20(22)23)16(21)9-24-14-6-4-12(5-7-14)17-19-18-10-25-17/h2-8,10H,9H2,1H3. The Morgan fingerprint density at radius 1 is 1.24 bits per heavy atom. The predicted molar refractivity (Wildman–Crippen MR) is 87.4 cm³/mol. The maximum atomic E-state index is 12.2. The third kappa shape index (κ3) is 3.69. The Morgan fingerprint density at radius 3 is 2.64 bits per heavy atom. The lowest BCUT2D eigenvalue weighted by molar-refractivity contribution is -0.385. The first-order valence-corrected chi connectivity index (χ1v) is 7.32. The van der Waals surface area contributed by atoms with Crippen LogP contribution in [-0.2, 0) is 0 Å². The summed E-state index contributed by atoms with van der Waals surface area (Å²) < 4.78 is 10.5. The highest BCUT2D eigenvalue weighted by Crippen LogP contribution is 2.22. The Labute approximate surface area is 142 Å². The normalized spacial score (nSPS) is 10.4. The second-order valence-electron chi connectivity index (χ2n) is 5.24. The lowest BCUT2D eigenvalue weighted by atomic mass is 10.1. The van der Waals surface area contributed by atoms with Crippen LogP contribution in [0, 0.1) is 17.0 Å². The third-order valence-corrected chi connectivity index (χ3v) is 3.56. The van der Waals surface area contributed by atoms with Crippen LogP contribution in [-0.4, -0.2) is 27.5 Å². The van der Waals surface area contributed by atoms with Gasteiger partial charge >= 0.3 is 0 Å². The molecule has 3 aromatic rings. The molecule has 0 N–H and O–H groups in total. The summed E-state index contributed by atoms with van der Waals surface area (Å²) in [5.41, 5.74) is 1.37. The minimum absolute atomic E-state index is 0.0882. The molecule has 8 nitrogen and oxygen atoms in total. The van der Waals surface area contributed by atoms with E-state index in [1.54, 1.807) is 43.3 Å². The minimum Gasteiger partial charge on any atom is -0.485 e. The largest absolute Gasteiger partial charge is 0.485 e. The van der Waals surface area contributed by atoms with Crippen molar-refractivity contribution in [2.75, 3.05) is 6.61 Å². The van der Waals surface area contributed by atoms with Gasteiger partial charge in [-0.3, -0.25) is 14.9 Å². The molecule has 3 rings (SSSR count). The highest BCUT2D eigenvalue weighted by atomic mass is 16.6. The van der Waals surface area contributed by atoms with Crippen molar-refractivity contribution in [3.05, 3.63) is 70.1 Å². The molecule has 126 valence electrons. The molecule has 0 bridgehead atoms. The molecule has 0 unspecified atom stereocenters. The van der Waals surface area contributed by atoms with Crippen molar-refractivity contribution in [1.82, 2.24) is 10.2 Å². The van der Waals surface area contributed by atoms with E-state index in [-0.39, 0.29) is 23.6 Å². The van der Waals surface area contributed by atoms with Gasteiger partial charge in [0, 0.05) is 22.8 Å². The van der Waals surface area contributed by atoms with Crippen molar-refractivity contribution in [3.63, 3.8) is 0 Å². The molecule has 0 aliphatic carbocycles. The van der Waals surface area contributed by atoms with Crippen LogP contribution in [0.25, 0.3) is 11.5 Å². The molecule has 0 aliphatic heterocycles. The number of aromatic nitrogens is 2. The SMILES string of the molecule is Cc1ccc(C(=O)COc2ccc(-c3nnco3)cc2)cc1[N+](=O)[O-]. The van der Waals surface area contributed by atoms with Crippen molar-refractivity contribution >= 4 is 11.5 Å². The molecule has 25 heavy (non-hydrogen) atoms. The molecular weight excluding hydrogens is 326 g/mol. The predicted octanol–water partition coefficient (Wildman–Crippen LogP) is 3.21. The number of nitro groups is 1. The van der Waals surface area contributed by atoms with E-state index in [1.807, 2.05) is 0 Å². The number of carbonyl (C=O) groups is 1. The number of hydrogen-bond acceptors (Lipinski definition) is 7. The van der Waals surface area contributed by atoms with Crippen molar-refractivity contribution in [2.45, 2.75) is 6.92 Å². The Balaban J connectivity index is 1.66. The fourth-order valence-corrected chi connectivity index (χ4v) is 2.20. The van der Waals surface area contributed by atoms with E-state index in [9.17, 15) is 14.9 Å². The second kappa shape index (κ2) is 6.91. The number of hydrogen-bond donors (Lipinski definition) is 0. The van der Waals surface area contributed by atoms with E-state index in [4.69, 9.17) is 9.15 Å². The average Bonchev–Trinajstić information content (AvgIpc) is 3.15. The van der Waals surface area contributed by atoms with Gasteiger partial charge in [-0.25, -0.2) is 0 Å². The first kappa shape index (κ1) is 16.3. The topological polar surface area (TPSA) is 108 Å². The van der Waals surface area contributed by atoms with Gasteiger partial charge in [0.25, 0.3) is 5.69 Å². The molecule has 0 saturated carbocycles. The Bertz CT molecular complexity index is 905.